The molecule has 0 atom stereocenters. The van der Waals surface area contributed by atoms with E-state index in [1.165, 1.54) is 55.6 Å². The Bertz CT molecular complexity index is 1180. The van der Waals surface area contributed by atoms with Crippen molar-refractivity contribution in [3.05, 3.63) is 141 Å². The van der Waals surface area contributed by atoms with E-state index in [1.54, 1.807) is 0 Å². The second kappa shape index (κ2) is 10.0. The van der Waals surface area contributed by atoms with Crippen LogP contribution in [-0.4, -0.2) is 0 Å². The van der Waals surface area contributed by atoms with Crippen molar-refractivity contribution in [3.8, 4) is 0 Å². The summed E-state index contributed by atoms with van der Waals surface area (Å²) in [6, 6.07) is 31.8. The second-order valence-corrected chi connectivity index (χ2v) is 9.34. The smallest absolute Gasteiger partial charge is 0.00256 e. The molecule has 0 bridgehead atoms. The Balaban J connectivity index is 1.35. The minimum atomic E-state index is 1.00. The average Bonchev–Trinajstić information content (AvgIpc) is 2.78. The van der Waals surface area contributed by atoms with Gasteiger partial charge in [-0.2, -0.15) is 0 Å². The summed E-state index contributed by atoms with van der Waals surface area (Å²) >= 11 is 0. The molecule has 4 aromatic rings. The van der Waals surface area contributed by atoms with Gasteiger partial charge in [-0.05, 0) is 103 Å². The summed E-state index contributed by atoms with van der Waals surface area (Å²) in [4.78, 5) is 0. The maximum absolute atomic E-state index is 2.37. The highest BCUT2D eigenvalue weighted by Gasteiger charge is 2.05. The van der Waals surface area contributed by atoms with E-state index in [9.17, 15) is 0 Å². The van der Waals surface area contributed by atoms with E-state index in [4.69, 9.17) is 0 Å². The molecule has 0 heterocycles. The lowest BCUT2D eigenvalue weighted by atomic mass is 9.95. The molecule has 0 nitrogen and oxygen atoms in total. The van der Waals surface area contributed by atoms with Gasteiger partial charge in [-0.1, -0.05) is 90.5 Å². The van der Waals surface area contributed by atoms with Crippen molar-refractivity contribution in [3.63, 3.8) is 0 Å². The number of benzene rings is 4. The Morgan fingerprint density at radius 2 is 0.906 bits per heavy atom. The Labute approximate surface area is 194 Å². The molecule has 0 amide bonds. The Morgan fingerprint density at radius 3 is 1.53 bits per heavy atom. The van der Waals surface area contributed by atoms with Crippen molar-refractivity contribution < 1.29 is 0 Å². The van der Waals surface area contributed by atoms with Gasteiger partial charge in [0, 0.05) is 0 Å². The zero-order chi connectivity index (χ0) is 22.5. The molecule has 0 aliphatic heterocycles. The molecule has 0 unspecified atom stereocenters. The number of aryl methyl sites for hydroxylation is 6. The van der Waals surface area contributed by atoms with Crippen molar-refractivity contribution in [2.45, 2.75) is 53.4 Å². The van der Waals surface area contributed by atoms with Crippen LogP contribution in [0.4, 0.5) is 0 Å². The van der Waals surface area contributed by atoms with E-state index < -0.39 is 0 Å². The normalized spacial score (nSPS) is 11.0. The molecule has 0 aliphatic carbocycles. The van der Waals surface area contributed by atoms with Crippen LogP contribution in [0.25, 0.3) is 0 Å². The zero-order valence-electron chi connectivity index (χ0n) is 19.9. The largest absolute Gasteiger partial charge is 0.0590 e. The maximum atomic E-state index is 2.37. The Hall–Kier alpha value is -3.12. The quantitative estimate of drug-likeness (QED) is 0.286. The van der Waals surface area contributed by atoms with Crippen LogP contribution < -0.4 is 0 Å². The van der Waals surface area contributed by atoms with Crippen LogP contribution in [0.3, 0.4) is 0 Å². The van der Waals surface area contributed by atoms with Gasteiger partial charge >= 0.3 is 0 Å². The summed E-state index contributed by atoms with van der Waals surface area (Å²) in [5.74, 6) is 0. The lowest BCUT2D eigenvalue weighted by Crippen LogP contribution is -1.97. The predicted octanol–water partition coefficient (Wildman–Crippen LogP) is 7.89. The molecule has 0 fully saturated rings. The van der Waals surface area contributed by atoms with Gasteiger partial charge in [0.1, 0.15) is 0 Å². The SMILES string of the molecule is Cc1ccc(Cc2ccc(CCc3ccc(Cc4ccc(C)c(C)c4)cc3C)cc2)cc1. The fraction of sp³-hybridized carbons (Fsp3) is 0.250. The van der Waals surface area contributed by atoms with E-state index in [0.717, 1.165) is 25.7 Å². The molecule has 0 saturated heterocycles. The van der Waals surface area contributed by atoms with Crippen molar-refractivity contribution in [1.29, 1.82) is 0 Å². The molecule has 0 radical (unpaired) electrons. The number of hydrogen-bond donors (Lipinski definition) is 0. The van der Waals surface area contributed by atoms with Gasteiger partial charge in [0.2, 0.25) is 0 Å². The molecular weight excluding hydrogens is 384 g/mol. The van der Waals surface area contributed by atoms with Crippen LogP contribution in [0.2, 0.25) is 0 Å². The fourth-order valence-corrected chi connectivity index (χ4v) is 4.34. The third-order valence-electron chi connectivity index (χ3n) is 6.62. The molecule has 4 aromatic carbocycles. The molecule has 0 spiro atoms. The lowest BCUT2D eigenvalue weighted by molar-refractivity contribution is 0.944. The zero-order valence-corrected chi connectivity index (χ0v) is 19.9. The lowest BCUT2D eigenvalue weighted by Gasteiger charge is -2.11. The minimum Gasteiger partial charge on any atom is -0.0590 e. The molecule has 0 heteroatoms. The van der Waals surface area contributed by atoms with Crippen molar-refractivity contribution in [2.24, 2.45) is 0 Å². The monoisotopic (exact) mass is 418 g/mol. The van der Waals surface area contributed by atoms with Crippen LogP contribution in [0.15, 0.2) is 84.9 Å². The maximum Gasteiger partial charge on any atom is -0.00256 e. The second-order valence-electron chi connectivity index (χ2n) is 9.34. The fourth-order valence-electron chi connectivity index (χ4n) is 4.34. The molecule has 0 N–H and O–H groups in total. The Kier molecular flexibility index (Phi) is 6.90. The van der Waals surface area contributed by atoms with Crippen LogP contribution >= 0.6 is 0 Å². The number of hydrogen-bond acceptors (Lipinski definition) is 0. The van der Waals surface area contributed by atoms with Gasteiger partial charge in [-0.3, -0.25) is 0 Å². The third-order valence-corrected chi connectivity index (χ3v) is 6.62. The van der Waals surface area contributed by atoms with E-state index in [2.05, 4.69) is 113 Å². The molecule has 32 heavy (non-hydrogen) atoms. The minimum absolute atomic E-state index is 1.00. The van der Waals surface area contributed by atoms with Crippen molar-refractivity contribution in [2.75, 3.05) is 0 Å². The highest BCUT2D eigenvalue weighted by atomic mass is 14.1. The average molecular weight is 419 g/mol. The summed E-state index contributed by atoms with van der Waals surface area (Å²) in [7, 11) is 0. The molecule has 0 aromatic heterocycles. The first-order chi connectivity index (χ1) is 15.5. The van der Waals surface area contributed by atoms with Gasteiger partial charge in [0.05, 0.1) is 0 Å². The molecule has 162 valence electrons. The van der Waals surface area contributed by atoms with Gasteiger partial charge in [-0.25, -0.2) is 0 Å². The predicted molar refractivity (Wildman–Crippen MR) is 138 cm³/mol. The number of rotatable bonds is 7. The van der Waals surface area contributed by atoms with Gasteiger partial charge < -0.3 is 0 Å². The summed E-state index contributed by atoms with van der Waals surface area (Å²) in [5.41, 5.74) is 13.9. The summed E-state index contributed by atoms with van der Waals surface area (Å²) in [6.07, 6.45) is 4.18. The summed E-state index contributed by atoms with van der Waals surface area (Å²) in [5, 5.41) is 0. The highest BCUT2D eigenvalue weighted by molar-refractivity contribution is 5.38. The first-order valence-electron chi connectivity index (χ1n) is 11.7. The van der Waals surface area contributed by atoms with Crippen LogP contribution in [0.5, 0.6) is 0 Å². The first-order valence-corrected chi connectivity index (χ1v) is 11.7. The topological polar surface area (TPSA) is 0 Å². The van der Waals surface area contributed by atoms with Crippen LogP contribution in [0.1, 0.15) is 55.6 Å². The van der Waals surface area contributed by atoms with E-state index in [-0.39, 0.29) is 0 Å². The Morgan fingerprint density at radius 1 is 0.406 bits per heavy atom. The van der Waals surface area contributed by atoms with E-state index >= 15 is 0 Å². The van der Waals surface area contributed by atoms with Crippen LogP contribution in [0, 0.1) is 27.7 Å². The van der Waals surface area contributed by atoms with Crippen LogP contribution in [-0.2, 0) is 25.7 Å². The molecular formula is C32H34. The van der Waals surface area contributed by atoms with Gasteiger partial charge in [0.15, 0.2) is 0 Å². The summed E-state index contributed by atoms with van der Waals surface area (Å²) < 4.78 is 0. The van der Waals surface area contributed by atoms with Crippen molar-refractivity contribution in [1.82, 2.24) is 0 Å². The van der Waals surface area contributed by atoms with Gasteiger partial charge in [-0.15, -0.1) is 0 Å². The standard InChI is InChI=1S/C32H34/c1-23-5-8-28(9-6-23)21-29-13-11-27(12-14-29)15-17-32-18-16-31(20-26(32)4)22-30-10-7-24(2)25(3)19-30/h5-14,16,18-20H,15,17,21-22H2,1-4H3. The molecule has 0 aliphatic rings. The molecule has 0 saturated carbocycles. The van der Waals surface area contributed by atoms with Gasteiger partial charge in [0.25, 0.3) is 0 Å². The van der Waals surface area contributed by atoms with E-state index in [1.807, 2.05) is 0 Å². The first kappa shape index (κ1) is 22.1. The summed E-state index contributed by atoms with van der Waals surface area (Å²) in [6.45, 7) is 8.76. The van der Waals surface area contributed by atoms with Crippen molar-refractivity contribution >= 4 is 0 Å². The third kappa shape index (κ3) is 5.77. The molecule has 4 rings (SSSR count). The van der Waals surface area contributed by atoms with E-state index in [0.29, 0.717) is 0 Å². The highest BCUT2D eigenvalue weighted by Crippen LogP contribution is 2.19.